The van der Waals surface area contributed by atoms with Gasteiger partial charge in [-0.3, -0.25) is 15.0 Å². The monoisotopic (exact) mass is 502 g/mol. The topological polar surface area (TPSA) is 134 Å². The van der Waals surface area contributed by atoms with Crippen LogP contribution in [0.2, 0.25) is 0 Å². The molecule has 1 aliphatic carbocycles. The minimum absolute atomic E-state index is 0.0699. The highest BCUT2D eigenvalue weighted by molar-refractivity contribution is 5.78. The van der Waals surface area contributed by atoms with Crippen molar-refractivity contribution in [3.63, 3.8) is 0 Å². The van der Waals surface area contributed by atoms with Crippen LogP contribution in [0.4, 0.5) is 4.79 Å². The predicted octanol–water partition coefficient (Wildman–Crippen LogP) is 1.09. The molecule has 2 unspecified atom stereocenters. The van der Waals surface area contributed by atoms with E-state index in [-0.39, 0.29) is 42.6 Å². The molecule has 4 atom stereocenters. The number of methoxy groups -OCH3 is 1. The van der Waals surface area contributed by atoms with Crippen LogP contribution in [0.25, 0.3) is 0 Å². The van der Waals surface area contributed by atoms with Crippen LogP contribution in [0, 0.1) is 11.8 Å². The van der Waals surface area contributed by atoms with E-state index in [4.69, 9.17) is 9.47 Å². The number of nitrogens with one attached hydrogen (secondary N) is 4. The Bertz CT molecular complexity index is 922. The fourth-order valence-corrected chi connectivity index (χ4v) is 5.41. The lowest BCUT2D eigenvalue weighted by Gasteiger charge is -2.31. The van der Waals surface area contributed by atoms with Crippen LogP contribution in [0.5, 0.6) is 5.88 Å². The highest BCUT2D eigenvalue weighted by Gasteiger charge is 2.37. The molecule has 11 heteroatoms. The first kappa shape index (κ1) is 26.2. The molecule has 0 spiro atoms. The summed E-state index contributed by atoms with van der Waals surface area (Å²) in [6.07, 6.45) is 6.49. The second-order valence-corrected chi connectivity index (χ2v) is 10.1. The van der Waals surface area contributed by atoms with Crippen molar-refractivity contribution in [2.75, 3.05) is 26.7 Å². The van der Waals surface area contributed by atoms with Crippen LogP contribution in [0.3, 0.4) is 0 Å². The smallest absolute Gasteiger partial charge is 0.407 e. The Morgan fingerprint density at radius 2 is 1.94 bits per heavy atom. The maximum atomic E-state index is 12.5. The normalized spacial score (nSPS) is 26.4. The summed E-state index contributed by atoms with van der Waals surface area (Å²) in [4.78, 5) is 42.1. The number of hydrogen-bond donors (Lipinski definition) is 4. The van der Waals surface area contributed by atoms with Gasteiger partial charge in [-0.1, -0.05) is 0 Å². The van der Waals surface area contributed by atoms with Gasteiger partial charge in [0, 0.05) is 44.9 Å². The third-order valence-electron chi connectivity index (χ3n) is 7.50. The summed E-state index contributed by atoms with van der Waals surface area (Å²) in [7, 11) is 1.55. The van der Waals surface area contributed by atoms with Gasteiger partial charge in [0.2, 0.25) is 17.7 Å². The van der Waals surface area contributed by atoms with Gasteiger partial charge in [-0.15, -0.1) is 0 Å². The van der Waals surface area contributed by atoms with Gasteiger partial charge >= 0.3 is 6.09 Å². The van der Waals surface area contributed by atoms with Gasteiger partial charge in [0.05, 0.1) is 19.7 Å². The number of ether oxygens (including phenoxy) is 2. The van der Waals surface area contributed by atoms with E-state index in [1.807, 2.05) is 4.90 Å². The lowest BCUT2D eigenvalue weighted by Crippen LogP contribution is -2.45. The zero-order valence-electron chi connectivity index (χ0n) is 21.1. The fraction of sp³-hybridized carbons (Fsp3) is 0.680. The SMILES string of the molecule is COc1cc(CC(=O)NC2CC([C@@H]3CC[C@H](OC(=O)NCC4CCN(C(C)=O)CC4)C3)NN2)ccn1. The molecule has 3 aliphatic rings. The molecule has 0 aromatic carbocycles. The predicted molar refractivity (Wildman–Crippen MR) is 132 cm³/mol. The van der Waals surface area contributed by atoms with E-state index in [1.54, 1.807) is 32.4 Å². The third-order valence-corrected chi connectivity index (χ3v) is 7.50. The first-order chi connectivity index (χ1) is 17.4. The number of hydrogen-bond acceptors (Lipinski definition) is 8. The van der Waals surface area contributed by atoms with Crippen LogP contribution in [0.1, 0.15) is 51.0 Å². The van der Waals surface area contributed by atoms with Gasteiger partial charge < -0.3 is 25.0 Å². The molecule has 2 aliphatic heterocycles. The van der Waals surface area contributed by atoms with Gasteiger partial charge in [-0.2, -0.15) is 0 Å². The number of nitrogens with zero attached hydrogens (tertiary/aromatic N) is 2. The van der Waals surface area contributed by atoms with Crippen molar-refractivity contribution in [1.29, 1.82) is 0 Å². The van der Waals surface area contributed by atoms with Crippen molar-refractivity contribution in [3.8, 4) is 5.88 Å². The molecule has 11 nitrogen and oxygen atoms in total. The van der Waals surface area contributed by atoms with Crippen LogP contribution in [-0.4, -0.2) is 72.8 Å². The summed E-state index contributed by atoms with van der Waals surface area (Å²) < 4.78 is 10.8. The number of aromatic nitrogens is 1. The zero-order valence-corrected chi connectivity index (χ0v) is 21.1. The maximum Gasteiger partial charge on any atom is 0.407 e. The standard InChI is InChI=1S/C25H38N6O5/c1-16(32)31-9-6-17(7-10-31)15-27-25(34)36-20-4-3-19(13-20)21-14-22(30-29-21)28-23(33)11-18-5-8-26-24(12-18)35-2/h5,8,12,17,19-22,29-30H,3-4,6-7,9-11,13-15H2,1-2H3,(H,27,34)(H,28,33)/t19-,20+,21?,22?/m1/s1. The molecule has 4 N–H and O–H groups in total. The van der Waals surface area contributed by atoms with E-state index in [0.717, 1.165) is 57.2 Å². The molecular formula is C25H38N6O5. The first-order valence-corrected chi connectivity index (χ1v) is 12.9. The summed E-state index contributed by atoms with van der Waals surface area (Å²) >= 11 is 0. The summed E-state index contributed by atoms with van der Waals surface area (Å²) in [5.74, 6) is 1.29. The number of hydrazine groups is 1. The van der Waals surface area contributed by atoms with Crippen LogP contribution < -0.4 is 26.2 Å². The van der Waals surface area contributed by atoms with E-state index in [0.29, 0.717) is 24.3 Å². The molecule has 36 heavy (non-hydrogen) atoms. The van der Waals surface area contributed by atoms with Crippen molar-refractivity contribution >= 4 is 17.9 Å². The van der Waals surface area contributed by atoms with Crippen LogP contribution in [-0.2, 0) is 20.7 Å². The molecular weight excluding hydrogens is 464 g/mol. The average Bonchev–Trinajstić information content (AvgIpc) is 3.52. The van der Waals surface area contributed by atoms with E-state index >= 15 is 0 Å². The molecule has 198 valence electrons. The number of pyridine rings is 1. The minimum Gasteiger partial charge on any atom is -0.481 e. The van der Waals surface area contributed by atoms with Crippen LogP contribution in [0.15, 0.2) is 18.3 Å². The Kier molecular flexibility index (Phi) is 8.98. The molecule has 1 aromatic heterocycles. The minimum atomic E-state index is -0.356. The molecule has 3 amide bonds. The van der Waals surface area contributed by atoms with E-state index in [2.05, 4.69) is 26.5 Å². The number of carbonyl (C=O) groups is 3. The van der Waals surface area contributed by atoms with Gasteiger partial charge in [-0.25, -0.2) is 15.2 Å². The number of alkyl carbamates (subject to hydrolysis) is 1. The lowest BCUT2D eigenvalue weighted by atomic mass is 9.96. The second kappa shape index (κ2) is 12.4. The van der Waals surface area contributed by atoms with Crippen molar-refractivity contribution in [3.05, 3.63) is 23.9 Å². The molecule has 0 bridgehead atoms. The number of likely N-dealkylation sites (tertiary alicyclic amines) is 1. The maximum absolute atomic E-state index is 12.5. The zero-order chi connectivity index (χ0) is 25.5. The summed E-state index contributed by atoms with van der Waals surface area (Å²) in [5.41, 5.74) is 7.34. The summed E-state index contributed by atoms with van der Waals surface area (Å²) in [5, 5.41) is 5.94. The van der Waals surface area contributed by atoms with Gasteiger partial charge in [0.1, 0.15) is 6.10 Å². The molecule has 2 saturated heterocycles. The van der Waals surface area contributed by atoms with Gasteiger partial charge in [-0.05, 0) is 62.0 Å². The van der Waals surface area contributed by atoms with Crippen molar-refractivity contribution < 1.29 is 23.9 Å². The molecule has 3 heterocycles. The quantitative estimate of drug-likeness (QED) is 0.415. The number of amides is 3. The molecule has 1 saturated carbocycles. The summed E-state index contributed by atoms with van der Waals surface area (Å²) in [6, 6.07) is 3.77. The highest BCUT2D eigenvalue weighted by Crippen LogP contribution is 2.33. The fourth-order valence-electron chi connectivity index (χ4n) is 5.41. The van der Waals surface area contributed by atoms with Gasteiger partial charge in [0.25, 0.3) is 0 Å². The number of rotatable bonds is 8. The first-order valence-electron chi connectivity index (χ1n) is 12.9. The van der Waals surface area contributed by atoms with E-state index in [1.165, 1.54) is 0 Å². The van der Waals surface area contributed by atoms with Crippen LogP contribution >= 0.6 is 0 Å². The second-order valence-electron chi connectivity index (χ2n) is 10.1. The Labute approximate surface area is 212 Å². The lowest BCUT2D eigenvalue weighted by molar-refractivity contribution is -0.130. The Morgan fingerprint density at radius 1 is 1.14 bits per heavy atom. The Balaban J connectivity index is 1.12. The van der Waals surface area contributed by atoms with Gasteiger partial charge in [0.15, 0.2) is 0 Å². The van der Waals surface area contributed by atoms with Crippen molar-refractivity contribution in [2.45, 2.75) is 70.2 Å². The number of carbonyl (C=O) groups excluding carboxylic acids is 3. The van der Waals surface area contributed by atoms with E-state index < -0.39 is 0 Å². The van der Waals surface area contributed by atoms with Crippen molar-refractivity contribution in [2.24, 2.45) is 11.8 Å². The average molecular weight is 503 g/mol. The largest absolute Gasteiger partial charge is 0.481 e. The molecule has 4 rings (SSSR count). The Morgan fingerprint density at radius 3 is 2.69 bits per heavy atom. The number of piperidine rings is 1. The Hall–Kier alpha value is -2.92. The van der Waals surface area contributed by atoms with E-state index in [9.17, 15) is 14.4 Å². The molecule has 0 radical (unpaired) electrons. The highest BCUT2D eigenvalue weighted by atomic mass is 16.6. The third kappa shape index (κ3) is 7.30. The molecule has 1 aromatic rings. The molecule has 3 fully saturated rings. The summed E-state index contributed by atoms with van der Waals surface area (Å²) in [6.45, 7) is 3.69. The van der Waals surface area contributed by atoms with Crippen molar-refractivity contribution in [1.82, 2.24) is 31.4 Å².